The molecule has 2 aliphatic heterocycles. The predicted molar refractivity (Wildman–Crippen MR) is 231 cm³/mol. The standard InChI is InChI=1S/C41H53N7O9S3/c1-23(2)42-38-44-31(22-59-38)30-17-24-16-26(55-6)11-14-29(24)35(43-30)56-27-18-33-34(49)46-41(37(51)47-60(53,54)28-12-13-28)19-25(41)10-8-7-9-15-58-21-32(36(50)48(33)20-27)45-39(52)57-40(3,4)5/h8,10-11,14,16-17,22-23,25,27-28,32-33H,7,9,12-13,15,18-21H2,1-6H3,(H,42,44)(H,45,52)(H,46,49)(H,47,51)/t25-,27?,32+,33+,41-/m1/s1. The second-order valence-electron chi connectivity index (χ2n) is 17.0. The normalized spacial score (nSPS) is 25.0. The molecule has 0 spiro atoms. The number of fused-ring (bicyclic) bond motifs is 3. The fourth-order valence-electron chi connectivity index (χ4n) is 7.35. The van der Waals surface area contributed by atoms with Crippen LogP contribution in [0.5, 0.6) is 11.6 Å². The molecule has 324 valence electrons. The van der Waals surface area contributed by atoms with Gasteiger partial charge in [0.05, 0.1) is 24.6 Å². The molecular formula is C41H53N7O9S3. The molecule has 2 aromatic heterocycles. The number of hydrogen-bond acceptors (Lipinski definition) is 14. The lowest BCUT2D eigenvalue weighted by atomic mass is 10.1. The van der Waals surface area contributed by atoms with E-state index in [-0.39, 0.29) is 37.1 Å². The highest BCUT2D eigenvalue weighted by molar-refractivity contribution is 7.99. The van der Waals surface area contributed by atoms with Crippen LogP contribution in [0.1, 0.15) is 73.1 Å². The molecule has 2 saturated carbocycles. The zero-order valence-electron chi connectivity index (χ0n) is 34.6. The van der Waals surface area contributed by atoms with Crippen LogP contribution in [0.3, 0.4) is 0 Å². The van der Waals surface area contributed by atoms with Crippen molar-refractivity contribution in [2.45, 2.75) is 114 Å². The first-order chi connectivity index (χ1) is 28.4. The molecule has 3 aromatic rings. The number of rotatable bonds is 10. The van der Waals surface area contributed by atoms with Crippen LogP contribution in [0.25, 0.3) is 22.2 Å². The van der Waals surface area contributed by atoms with Crippen LogP contribution >= 0.6 is 23.1 Å². The molecule has 4 N–H and O–H groups in total. The maximum Gasteiger partial charge on any atom is 0.408 e. The first kappa shape index (κ1) is 43.5. The topological polar surface area (TPSA) is 207 Å². The van der Waals surface area contributed by atoms with Gasteiger partial charge in [-0.05, 0) is 102 Å². The Morgan fingerprint density at radius 1 is 1.10 bits per heavy atom. The molecular weight excluding hydrogens is 831 g/mol. The minimum absolute atomic E-state index is 0.00512. The number of thiazole rings is 1. The van der Waals surface area contributed by atoms with E-state index in [4.69, 9.17) is 24.2 Å². The van der Waals surface area contributed by atoms with Crippen molar-refractivity contribution >= 4 is 72.8 Å². The van der Waals surface area contributed by atoms with Crippen LogP contribution in [0, 0.1) is 5.92 Å². The number of benzene rings is 1. The Bertz CT molecular complexity index is 2270. The summed E-state index contributed by atoms with van der Waals surface area (Å²) in [7, 11) is -2.34. The number of carbonyl (C=O) groups excluding carboxylic acids is 4. The summed E-state index contributed by atoms with van der Waals surface area (Å²) in [6, 6.07) is 5.33. The number of amides is 4. The fourth-order valence-corrected chi connectivity index (χ4v) is 10.6. The third kappa shape index (κ3) is 10.1. The molecule has 0 radical (unpaired) electrons. The second-order valence-corrected chi connectivity index (χ2v) is 21.0. The molecule has 5 atom stereocenters. The number of anilines is 1. The quantitative estimate of drug-likeness (QED) is 0.198. The van der Waals surface area contributed by atoms with Crippen LogP contribution in [-0.2, 0) is 29.1 Å². The molecule has 1 aromatic carbocycles. The maximum atomic E-state index is 14.7. The Morgan fingerprint density at radius 3 is 2.60 bits per heavy atom. The monoisotopic (exact) mass is 883 g/mol. The number of pyridine rings is 1. The van der Waals surface area contributed by atoms with E-state index >= 15 is 0 Å². The van der Waals surface area contributed by atoms with Gasteiger partial charge in [0.2, 0.25) is 27.7 Å². The molecule has 0 bridgehead atoms. The van der Waals surface area contributed by atoms with Gasteiger partial charge in [-0.2, -0.15) is 11.8 Å². The first-order valence-electron chi connectivity index (χ1n) is 20.2. The summed E-state index contributed by atoms with van der Waals surface area (Å²) in [5, 5.41) is 12.4. The van der Waals surface area contributed by atoms with Gasteiger partial charge in [-0.15, -0.1) is 11.3 Å². The SMILES string of the molecule is COc1ccc2c(OC3C[C@H]4C(=O)N[C@]5(C(=O)NS(=O)(=O)C6CC6)C[C@H]5C=CCCCSC[C@H](NC(=O)OC(C)(C)C)C(=O)N4C3)nc(-c3csc(NC(C)C)n3)cc2c1. The van der Waals surface area contributed by atoms with Crippen molar-refractivity contribution in [3.05, 3.63) is 41.8 Å². The van der Waals surface area contributed by atoms with Crippen molar-refractivity contribution in [1.29, 1.82) is 0 Å². The smallest absolute Gasteiger partial charge is 0.408 e. The summed E-state index contributed by atoms with van der Waals surface area (Å²) < 4.78 is 45.8. The van der Waals surface area contributed by atoms with E-state index in [0.29, 0.717) is 47.5 Å². The fraction of sp³-hybridized carbons (Fsp3) is 0.561. The molecule has 7 rings (SSSR count). The number of thioether (sulfide) groups is 1. The summed E-state index contributed by atoms with van der Waals surface area (Å²) in [5.74, 6) is -0.677. The van der Waals surface area contributed by atoms with Gasteiger partial charge in [0.1, 0.15) is 40.8 Å². The number of alkyl carbamates (subject to hydrolysis) is 1. The molecule has 16 nitrogen and oxygen atoms in total. The van der Waals surface area contributed by atoms with Crippen LogP contribution in [0.2, 0.25) is 0 Å². The lowest BCUT2D eigenvalue weighted by molar-refractivity contribution is -0.140. The Balaban J connectivity index is 1.23. The van der Waals surface area contributed by atoms with Crippen molar-refractivity contribution in [2.75, 3.05) is 30.5 Å². The van der Waals surface area contributed by atoms with Gasteiger partial charge in [-0.3, -0.25) is 19.1 Å². The number of nitrogens with zero attached hydrogens (tertiary/aromatic N) is 3. The van der Waals surface area contributed by atoms with Crippen LogP contribution in [0.15, 0.2) is 41.8 Å². The lowest BCUT2D eigenvalue weighted by Crippen LogP contribution is -2.58. The van der Waals surface area contributed by atoms with E-state index in [9.17, 15) is 27.6 Å². The number of aromatic nitrogens is 2. The third-order valence-corrected chi connectivity index (χ3v) is 14.3. The summed E-state index contributed by atoms with van der Waals surface area (Å²) in [6.45, 7) is 9.16. The number of allylic oxidation sites excluding steroid dienone is 1. The summed E-state index contributed by atoms with van der Waals surface area (Å²) in [4.78, 5) is 67.2. The van der Waals surface area contributed by atoms with E-state index in [1.54, 1.807) is 33.9 Å². The van der Waals surface area contributed by atoms with Crippen molar-refractivity contribution < 1.29 is 41.8 Å². The van der Waals surface area contributed by atoms with Gasteiger partial charge in [0, 0.05) is 34.9 Å². The van der Waals surface area contributed by atoms with E-state index in [0.717, 1.165) is 16.9 Å². The average molecular weight is 884 g/mol. The lowest BCUT2D eigenvalue weighted by Gasteiger charge is -2.30. The van der Waals surface area contributed by atoms with Crippen molar-refractivity contribution in [2.24, 2.45) is 5.92 Å². The highest BCUT2D eigenvalue weighted by atomic mass is 32.2. The van der Waals surface area contributed by atoms with Crippen molar-refractivity contribution in [3.8, 4) is 23.0 Å². The number of ether oxygens (including phenoxy) is 3. The van der Waals surface area contributed by atoms with E-state index in [2.05, 4.69) is 20.7 Å². The van der Waals surface area contributed by atoms with Gasteiger partial charge >= 0.3 is 6.09 Å². The van der Waals surface area contributed by atoms with Crippen molar-refractivity contribution in [3.63, 3.8) is 0 Å². The van der Waals surface area contributed by atoms with Crippen molar-refractivity contribution in [1.82, 2.24) is 30.2 Å². The van der Waals surface area contributed by atoms with Crippen LogP contribution in [0.4, 0.5) is 9.93 Å². The highest BCUT2D eigenvalue weighted by Gasteiger charge is 2.62. The zero-order valence-corrected chi connectivity index (χ0v) is 37.1. The number of methoxy groups -OCH3 is 1. The predicted octanol–water partition coefficient (Wildman–Crippen LogP) is 5.00. The van der Waals surface area contributed by atoms with Gasteiger partial charge in [-0.1, -0.05) is 12.2 Å². The summed E-state index contributed by atoms with van der Waals surface area (Å²) in [5.41, 5.74) is -1.20. The van der Waals surface area contributed by atoms with Crippen LogP contribution < -0.4 is 30.1 Å². The Morgan fingerprint density at radius 2 is 1.88 bits per heavy atom. The van der Waals surface area contributed by atoms with Gasteiger partial charge in [-0.25, -0.2) is 23.2 Å². The largest absolute Gasteiger partial charge is 0.497 e. The molecule has 3 fully saturated rings. The van der Waals surface area contributed by atoms with Crippen LogP contribution in [-0.4, -0.2) is 113 Å². The molecule has 4 aliphatic rings. The van der Waals surface area contributed by atoms with E-state index in [1.807, 2.05) is 49.6 Å². The average Bonchev–Trinajstić information content (AvgIpc) is 4.06. The molecule has 60 heavy (non-hydrogen) atoms. The van der Waals surface area contributed by atoms with E-state index in [1.165, 1.54) is 28.0 Å². The van der Waals surface area contributed by atoms with Gasteiger partial charge < -0.3 is 35.1 Å². The Hall–Kier alpha value is -4.62. The van der Waals surface area contributed by atoms with Gasteiger partial charge in [0.25, 0.3) is 5.91 Å². The molecule has 4 heterocycles. The Labute approximate surface area is 358 Å². The maximum absolute atomic E-state index is 14.7. The highest BCUT2D eigenvalue weighted by Crippen LogP contribution is 2.46. The minimum Gasteiger partial charge on any atom is -0.497 e. The molecule has 2 aliphatic carbocycles. The van der Waals surface area contributed by atoms with E-state index < -0.39 is 74.3 Å². The number of nitrogens with one attached hydrogen (secondary N) is 4. The molecule has 1 unspecified atom stereocenters. The zero-order chi connectivity index (χ0) is 43.0. The number of carbonyl (C=O) groups is 4. The van der Waals surface area contributed by atoms with Gasteiger partial charge in [0.15, 0.2) is 5.13 Å². The molecule has 4 amide bonds. The third-order valence-electron chi connectivity index (χ3n) is 10.6. The second kappa shape index (κ2) is 17.4. The first-order valence-corrected chi connectivity index (χ1v) is 23.8. The Kier molecular flexibility index (Phi) is 12.6. The number of sulfonamides is 1. The summed E-state index contributed by atoms with van der Waals surface area (Å²) in [6.07, 6.45) is 4.77. The molecule has 1 saturated heterocycles. The summed E-state index contributed by atoms with van der Waals surface area (Å²) >= 11 is 2.94. The minimum atomic E-state index is -3.92. The number of hydrogen-bond donors (Lipinski definition) is 4. The molecule has 19 heteroatoms.